The average molecular weight is 285 g/mol. The maximum atomic E-state index is 4.65. The number of nitrogens with zero attached hydrogens (tertiary/aromatic N) is 2. The summed E-state index contributed by atoms with van der Waals surface area (Å²) in [6.07, 6.45) is 2.16. The first-order valence-corrected chi connectivity index (χ1v) is 7.65. The number of thiazole rings is 1. The van der Waals surface area contributed by atoms with Crippen molar-refractivity contribution in [2.45, 2.75) is 26.9 Å². The van der Waals surface area contributed by atoms with Crippen molar-refractivity contribution in [1.29, 1.82) is 0 Å². The first kappa shape index (κ1) is 13.3. The molecule has 3 nitrogen and oxygen atoms in total. The van der Waals surface area contributed by atoms with Gasteiger partial charge in [0, 0.05) is 17.6 Å². The van der Waals surface area contributed by atoms with E-state index in [1.807, 2.05) is 7.05 Å². The highest BCUT2D eigenvalue weighted by Crippen LogP contribution is 2.23. The van der Waals surface area contributed by atoms with Gasteiger partial charge in [-0.05, 0) is 37.9 Å². The van der Waals surface area contributed by atoms with Gasteiger partial charge in [0.1, 0.15) is 5.01 Å². The molecule has 1 aromatic carbocycles. The number of aryl methyl sites for hydroxylation is 2. The summed E-state index contributed by atoms with van der Waals surface area (Å²) in [6.45, 7) is 5.95. The minimum absolute atomic E-state index is 0.851. The Morgan fingerprint density at radius 1 is 1.25 bits per heavy atom. The minimum atomic E-state index is 0.851. The molecule has 0 atom stereocenters. The van der Waals surface area contributed by atoms with E-state index in [-0.39, 0.29) is 0 Å². The van der Waals surface area contributed by atoms with Gasteiger partial charge in [0.15, 0.2) is 0 Å². The van der Waals surface area contributed by atoms with Crippen LogP contribution in [0.2, 0.25) is 0 Å². The molecule has 0 amide bonds. The molecule has 0 aliphatic heterocycles. The van der Waals surface area contributed by atoms with E-state index in [2.05, 4.69) is 59.2 Å². The molecular weight excluding hydrogens is 266 g/mol. The summed E-state index contributed by atoms with van der Waals surface area (Å²) in [5.74, 6) is 0. The lowest BCUT2D eigenvalue weighted by Crippen LogP contribution is -2.07. The van der Waals surface area contributed by atoms with Crippen molar-refractivity contribution in [3.8, 4) is 0 Å². The van der Waals surface area contributed by atoms with Gasteiger partial charge < -0.3 is 9.88 Å². The molecule has 0 unspecified atom stereocenters. The zero-order chi connectivity index (χ0) is 14.1. The third kappa shape index (κ3) is 2.37. The Kier molecular flexibility index (Phi) is 3.59. The number of benzene rings is 1. The van der Waals surface area contributed by atoms with Gasteiger partial charge in [-0.2, -0.15) is 0 Å². The lowest BCUT2D eigenvalue weighted by Gasteiger charge is -2.08. The number of nitrogens with one attached hydrogen (secondary N) is 1. The Bertz CT molecular complexity index is 720. The van der Waals surface area contributed by atoms with Crippen LogP contribution in [0.1, 0.15) is 21.1 Å². The summed E-state index contributed by atoms with van der Waals surface area (Å²) in [5, 5.41) is 5.72. The molecule has 1 N–H and O–H groups in total. The summed E-state index contributed by atoms with van der Waals surface area (Å²) < 4.78 is 2.31. The minimum Gasteiger partial charge on any atom is -0.340 e. The molecule has 0 aliphatic carbocycles. The Morgan fingerprint density at radius 2 is 2.10 bits per heavy atom. The maximum absolute atomic E-state index is 4.65. The zero-order valence-electron chi connectivity index (χ0n) is 12.1. The first-order valence-electron chi connectivity index (χ1n) is 6.83. The lowest BCUT2D eigenvalue weighted by molar-refractivity contribution is 0.791. The Hall–Kier alpha value is -1.65. The highest BCUT2D eigenvalue weighted by Gasteiger charge is 2.09. The van der Waals surface area contributed by atoms with Crippen LogP contribution in [-0.2, 0) is 13.1 Å². The number of aromatic nitrogens is 2. The average Bonchev–Trinajstić information content (AvgIpc) is 2.96. The van der Waals surface area contributed by atoms with E-state index in [1.54, 1.807) is 11.3 Å². The van der Waals surface area contributed by atoms with Gasteiger partial charge in [0.2, 0.25) is 0 Å². The summed E-state index contributed by atoms with van der Waals surface area (Å²) in [6, 6.07) is 8.66. The van der Waals surface area contributed by atoms with Crippen molar-refractivity contribution in [2.75, 3.05) is 7.05 Å². The zero-order valence-corrected chi connectivity index (χ0v) is 12.9. The van der Waals surface area contributed by atoms with Crippen LogP contribution >= 0.6 is 11.3 Å². The maximum Gasteiger partial charge on any atom is 0.113 e. The molecule has 0 radical (unpaired) electrons. The molecule has 0 fully saturated rings. The van der Waals surface area contributed by atoms with Gasteiger partial charge in [-0.15, -0.1) is 11.3 Å². The number of para-hydroxylation sites is 1. The lowest BCUT2D eigenvalue weighted by atomic mass is 10.1. The topological polar surface area (TPSA) is 29.9 Å². The molecule has 0 aliphatic rings. The van der Waals surface area contributed by atoms with E-state index in [0.717, 1.165) is 18.8 Å². The molecule has 104 valence electrons. The SMILES string of the molecule is CNCc1cccc2ccn(Cc3nc(C)c(C)s3)c12. The van der Waals surface area contributed by atoms with Crippen LogP contribution in [0, 0.1) is 13.8 Å². The van der Waals surface area contributed by atoms with E-state index in [0.29, 0.717) is 0 Å². The van der Waals surface area contributed by atoms with Crippen LogP contribution in [0.15, 0.2) is 30.5 Å². The fourth-order valence-electron chi connectivity index (χ4n) is 2.56. The van der Waals surface area contributed by atoms with Crippen LogP contribution in [0.4, 0.5) is 0 Å². The fourth-order valence-corrected chi connectivity index (χ4v) is 3.49. The van der Waals surface area contributed by atoms with Crippen LogP contribution in [0.5, 0.6) is 0 Å². The van der Waals surface area contributed by atoms with Gasteiger partial charge in [-0.3, -0.25) is 0 Å². The molecular formula is C16H19N3S. The van der Waals surface area contributed by atoms with Crippen molar-refractivity contribution in [3.05, 3.63) is 51.6 Å². The van der Waals surface area contributed by atoms with Crippen LogP contribution in [0.25, 0.3) is 10.9 Å². The molecule has 20 heavy (non-hydrogen) atoms. The van der Waals surface area contributed by atoms with Crippen molar-refractivity contribution < 1.29 is 0 Å². The molecule has 0 saturated heterocycles. The second-order valence-corrected chi connectivity index (χ2v) is 6.37. The van der Waals surface area contributed by atoms with Gasteiger partial charge in [0.25, 0.3) is 0 Å². The molecule has 0 spiro atoms. The summed E-state index contributed by atoms with van der Waals surface area (Å²) in [5.41, 5.74) is 3.80. The molecule has 3 aromatic rings. The van der Waals surface area contributed by atoms with E-state index in [1.165, 1.54) is 26.4 Å². The van der Waals surface area contributed by atoms with Gasteiger partial charge in [-0.1, -0.05) is 18.2 Å². The van der Waals surface area contributed by atoms with Gasteiger partial charge in [-0.25, -0.2) is 4.98 Å². The second kappa shape index (κ2) is 5.38. The third-order valence-corrected chi connectivity index (χ3v) is 4.68. The van der Waals surface area contributed by atoms with E-state index >= 15 is 0 Å². The number of hydrogen-bond acceptors (Lipinski definition) is 3. The third-order valence-electron chi connectivity index (χ3n) is 3.62. The van der Waals surface area contributed by atoms with Crippen molar-refractivity contribution >= 4 is 22.2 Å². The Labute approximate surface area is 123 Å². The highest BCUT2D eigenvalue weighted by molar-refractivity contribution is 7.11. The van der Waals surface area contributed by atoms with Gasteiger partial charge in [0.05, 0.1) is 17.8 Å². The van der Waals surface area contributed by atoms with Crippen LogP contribution in [0.3, 0.4) is 0 Å². The molecule has 3 rings (SSSR count). The van der Waals surface area contributed by atoms with Crippen LogP contribution in [-0.4, -0.2) is 16.6 Å². The normalized spacial score (nSPS) is 11.3. The standard InChI is InChI=1S/C16H19N3S/c1-11-12(2)20-15(18-11)10-19-8-7-13-5-4-6-14(9-17-3)16(13)19/h4-8,17H,9-10H2,1-3H3. The highest BCUT2D eigenvalue weighted by atomic mass is 32.1. The molecule has 4 heteroatoms. The monoisotopic (exact) mass is 285 g/mol. The fraction of sp³-hybridized carbons (Fsp3) is 0.312. The quantitative estimate of drug-likeness (QED) is 0.795. The molecule has 2 aromatic heterocycles. The summed E-state index contributed by atoms with van der Waals surface area (Å²) in [7, 11) is 1.99. The summed E-state index contributed by atoms with van der Waals surface area (Å²) in [4.78, 5) is 5.96. The van der Waals surface area contributed by atoms with Crippen molar-refractivity contribution in [2.24, 2.45) is 0 Å². The molecule has 0 bridgehead atoms. The predicted octanol–water partition coefficient (Wildman–Crippen LogP) is 3.48. The smallest absolute Gasteiger partial charge is 0.113 e. The van der Waals surface area contributed by atoms with Crippen molar-refractivity contribution in [3.63, 3.8) is 0 Å². The van der Waals surface area contributed by atoms with E-state index in [4.69, 9.17) is 0 Å². The number of hydrogen-bond donors (Lipinski definition) is 1. The number of fused-ring (bicyclic) bond motifs is 1. The van der Waals surface area contributed by atoms with E-state index < -0.39 is 0 Å². The van der Waals surface area contributed by atoms with Crippen LogP contribution < -0.4 is 5.32 Å². The van der Waals surface area contributed by atoms with E-state index in [9.17, 15) is 0 Å². The predicted molar refractivity (Wildman–Crippen MR) is 85.4 cm³/mol. The summed E-state index contributed by atoms with van der Waals surface area (Å²) >= 11 is 1.79. The Morgan fingerprint density at radius 3 is 2.80 bits per heavy atom. The molecule has 2 heterocycles. The Balaban J connectivity index is 2.03. The second-order valence-electron chi connectivity index (χ2n) is 5.08. The number of rotatable bonds is 4. The van der Waals surface area contributed by atoms with Crippen molar-refractivity contribution in [1.82, 2.24) is 14.9 Å². The van der Waals surface area contributed by atoms with Gasteiger partial charge >= 0.3 is 0 Å². The first-order chi connectivity index (χ1) is 9.69. The molecule has 0 saturated carbocycles. The largest absolute Gasteiger partial charge is 0.340 e.